The number of phenolic OH excluding ortho intramolecular Hbond substituents is 2. The zero-order valence-electron chi connectivity index (χ0n) is 47.3. The van der Waals surface area contributed by atoms with E-state index in [1.807, 2.05) is 27.7 Å². The number of aromatic hydroxyl groups is 2. The second-order valence-electron chi connectivity index (χ2n) is 21.6. The van der Waals surface area contributed by atoms with Crippen molar-refractivity contribution in [1.29, 1.82) is 0 Å². The van der Waals surface area contributed by atoms with Crippen LogP contribution in [0.4, 0.5) is 0 Å². The van der Waals surface area contributed by atoms with Gasteiger partial charge in [-0.2, -0.15) is 12.6 Å². The molecule has 1 heterocycles. The number of phenols is 2. The van der Waals surface area contributed by atoms with Crippen LogP contribution in [-0.2, 0) is 56.0 Å². The summed E-state index contributed by atoms with van der Waals surface area (Å²) in [6.45, 7) is 8.42. The minimum absolute atomic E-state index is 0.0383. The number of nitrogens with zero attached hydrogens (tertiary/aromatic N) is 1. The molecule has 1 fully saturated rings. The predicted molar refractivity (Wildman–Crippen MR) is 309 cm³/mol. The Morgan fingerprint density at radius 1 is 0.531 bits per heavy atom. The molecular formula is C56H90N12O12S. The number of carbonyl (C=O) groups excluding carboxylic acids is 8. The molecule has 1 aliphatic rings. The van der Waals surface area contributed by atoms with Crippen LogP contribution in [0.3, 0.4) is 0 Å². The predicted octanol–water partition coefficient (Wildman–Crippen LogP) is 0.0885. The van der Waals surface area contributed by atoms with Gasteiger partial charge in [-0.15, -0.1) is 0 Å². The number of benzene rings is 2. The van der Waals surface area contributed by atoms with E-state index in [9.17, 15) is 58.5 Å². The molecule has 81 heavy (non-hydrogen) atoms. The molecule has 25 heteroatoms. The van der Waals surface area contributed by atoms with Gasteiger partial charge in [-0.05, 0) is 157 Å². The second-order valence-corrected chi connectivity index (χ2v) is 22.0. The maximum absolute atomic E-state index is 14.6. The van der Waals surface area contributed by atoms with Crippen LogP contribution in [0.25, 0.3) is 0 Å². The standard InChI is InChI=1S/C56H90N12O12S/c1-33(2)28-43(51(74)65-44(29-34(3)4)52(75)66-45(31-36-18-22-38(70)23-19-36)53(76)67-46(32-81)56(79)80)64-50(73)41(13-6-9-25-58)62-54(77)47-15-11-27-68(47)55(78)42(14-7-10-26-59)63-49(72)40(12-5-8-24-57)61-48(71)39(60)30-35-16-20-37(69)21-17-35/h16-23,33-34,39-47,69-70,81H,5-15,24-32,57-60H2,1-4H3,(H,61,71)(H,62,77)(H,63,72)(H,64,73)(H,65,74)(H,66,75)(H,67,76)(H,79,80)/t39-,40-,41-,42-,43-,44-,45-,46-,47-/m0/s1. The molecule has 2 aromatic rings. The third-order valence-corrected chi connectivity index (χ3v) is 14.1. The van der Waals surface area contributed by atoms with Crippen molar-refractivity contribution in [3.63, 3.8) is 0 Å². The van der Waals surface area contributed by atoms with Crippen molar-refractivity contribution in [2.75, 3.05) is 31.9 Å². The summed E-state index contributed by atoms with van der Waals surface area (Å²) < 4.78 is 0. The Morgan fingerprint density at radius 3 is 1.36 bits per heavy atom. The van der Waals surface area contributed by atoms with E-state index >= 15 is 0 Å². The van der Waals surface area contributed by atoms with Crippen LogP contribution in [-0.4, -0.2) is 160 Å². The molecule has 24 nitrogen and oxygen atoms in total. The summed E-state index contributed by atoms with van der Waals surface area (Å²) >= 11 is 4.04. The number of amides is 8. The van der Waals surface area contributed by atoms with Crippen LogP contribution in [0.15, 0.2) is 48.5 Å². The van der Waals surface area contributed by atoms with Crippen molar-refractivity contribution in [3.8, 4) is 11.5 Å². The van der Waals surface area contributed by atoms with Crippen molar-refractivity contribution < 1.29 is 58.5 Å². The van der Waals surface area contributed by atoms with Crippen molar-refractivity contribution in [2.24, 2.45) is 34.8 Å². The second kappa shape index (κ2) is 36.0. The van der Waals surface area contributed by atoms with Gasteiger partial charge in [0.1, 0.15) is 59.8 Å². The largest absolute Gasteiger partial charge is 0.508 e. The summed E-state index contributed by atoms with van der Waals surface area (Å²) in [5.41, 5.74) is 24.9. The van der Waals surface area contributed by atoms with E-state index in [-0.39, 0.29) is 87.0 Å². The van der Waals surface area contributed by atoms with E-state index in [0.29, 0.717) is 75.7 Å². The summed E-state index contributed by atoms with van der Waals surface area (Å²) in [5, 5.41) is 48.2. The molecule has 0 spiro atoms. The first-order chi connectivity index (χ1) is 38.5. The van der Waals surface area contributed by atoms with E-state index in [4.69, 9.17) is 22.9 Å². The van der Waals surface area contributed by atoms with Crippen molar-refractivity contribution in [1.82, 2.24) is 42.1 Å². The molecule has 1 aliphatic heterocycles. The molecule has 0 bridgehead atoms. The van der Waals surface area contributed by atoms with E-state index in [1.54, 1.807) is 12.1 Å². The number of nitrogens with one attached hydrogen (secondary N) is 7. The van der Waals surface area contributed by atoms with Crippen LogP contribution in [0.2, 0.25) is 0 Å². The van der Waals surface area contributed by atoms with Crippen LogP contribution in [0.1, 0.15) is 122 Å². The molecule has 0 radical (unpaired) electrons. The zero-order valence-corrected chi connectivity index (χ0v) is 48.2. The lowest BCUT2D eigenvalue weighted by molar-refractivity contribution is -0.142. The number of hydrogen-bond donors (Lipinski definition) is 15. The molecule has 0 unspecified atom stereocenters. The fourth-order valence-electron chi connectivity index (χ4n) is 9.33. The highest BCUT2D eigenvalue weighted by molar-refractivity contribution is 7.80. The minimum atomic E-state index is -1.38. The van der Waals surface area contributed by atoms with Crippen molar-refractivity contribution >= 4 is 65.9 Å². The fraction of sp³-hybridized carbons (Fsp3) is 0.625. The number of carboxylic acid groups (broad SMARTS) is 1. The van der Waals surface area contributed by atoms with Gasteiger partial charge in [-0.3, -0.25) is 38.4 Å². The first-order valence-electron chi connectivity index (χ1n) is 28.2. The number of aliphatic carboxylic acids is 1. The molecule has 2 aromatic carbocycles. The number of rotatable bonds is 37. The van der Waals surface area contributed by atoms with Gasteiger partial charge >= 0.3 is 5.97 Å². The first-order valence-corrected chi connectivity index (χ1v) is 28.8. The lowest BCUT2D eigenvalue weighted by Crippen LogP contribution is -2.60. The van der Waals surface area contributed by atoms with Gasteiger partial charge in [0.2, 0.25) is 47.3 Å². The Bertz CT molecular complexity index is 2350. The molecule has 8 amide bonds. The minimum Gasteiger partial charge on any atom is -0.508 e. The molecule has 1 saturated heterocycles. The molecule has 452 valence electrons. The van der Waals surface area contributed by atoms with Crippen molar-refractivity contribution in [2.45, 2.75) is 178 Å². The molecule has 18 N–H and O–H groups in total. The van der Waals surface area contributed by atoms with E-state index in [1.165, 1.54) is 41.3 Å². The third kappa shape index (κ3) is 24.2. The average Bonchev–Trinajstić information content (AvgIpc) is 3.93. The number of carbonyl (C=O) groups is 9. The van der Waals surface area contributed by atoms with Gasteiger partial charge in [0.05, 0.1) is 6.04 Å². The quantitative estimate of drug-likeness (QED) is 0.0315. The Hall–Kier alpha value is -6.54. The maximum Gasteiger partial charge on any atom is 0.327 e. The third-order valence-electron chi connectivity index (χ3n) is 13.8. The number of nitrogens with two attached hydrogens (primary N) is 4. The molecule has 0 saturated carbocycles. The summed E-state index contributed by atoms with van der Waals surface area (Å²) in [5.74, 6) is -7.33. The SMILES string of the molecule is CC(C)C[C@H](NC(=O)[C@H](CC(C)C)NC(=O)[C@H](CCCCN)NC(=O)[C@@H]1CCCN1C(=O)[C@H](CCCCN)NC(=O)[C@H](CCCCN)NC(=O)[C@@H](N)Cc1ccc(O)cc1)C(=O)N[C@@H](Cc1ccc(O)cc1)C(=O)N[C@@H](CS)C(=O)O. The van der Waals surface area contributed by atoms with Gasteiger partial charge in [0.15, 0.2) is 0 Å². The Labute approximate surface area is 481 Å². The fourth-order valence-corrected chi connectivity index (χ4v) is 9.58. The number of likely N-dealkylation sites (tertiary alicyclic amines) is 1. The lowest BCUT2D eigenvalue weighted by atomic mass is 9.98. The monoisotopic (exact) mass is 1150 g/mol. The van der Waals surface area contributed by atoms with E-state index in [2.05, 4.69) is 49.8 Å². The Balaban J connectivity index is 1.86. The van der Waals surface area contributed by atoms with Gasteiger partial charge in [-0.25, -0.2) is 4.79 Å². The number of carboxylic acids is 1. The van der Waals surface area contributed by atoms with Crippen LogP contribution < -0.4 is 60.2 Å². The van der Waals surface area contributed by atoms with Crippen molar-refractivity contribution in [3.05, 3.63) is 59.7 Å². The zero-order chi connectivity index (χ0) is 60.2. The Morgan fingerprint density at radius 2 is 0.914 bits per heavy atom. The smallest absolute Gasteiger partial charge is 0.327 e. The average molecular weight is 1160 g/mol. The Kier molecular flexibility index (Phi) is 30.6. The highest BCUT2D eigenvalue weighted by Gasteiger charge is 2.40. The van der Waals surface area contributed by atoms with Gasteiger partial charge in [-0.1, -0.05) is 52.0 Å². The molecular weight excluding hydrogens is 1060 g/mol. The molecule has 3 rings (SSSR count). The summed E-state index contributed by atoms with van der Waals surface area (Å²) in [6.07, 6.45) is 4.25. The molecule has 0 aromatic heterocycles. The van der Waals surface area contributed by atoms with Gasteiger partial charge < -0.3 is 80.4 Å². The molecule has 0 aliphatic carbocycles. The lowest BCUT2D eigenvalue weighted by Gasteiger charge is -2.31. The number of thiol groups is 1. The number of hydrogen-bond acceptors (Lipinski definition) is 16. The molecule has 9 atom stereocenters. The highest BCUT2D eigenvalue weighted by Crippen LogP contribution is 2.22. The maximum atomic E-state index is 14.6. The normalized spacial score (nSPS) is 16.2. The summed E-state index contributed by atoms with van der Waals surface area (Å²) in [7, 11) is 0. The van der Waals surface area contributed by atoms with Gasteiger partial charge in [0, 0.05) is 18.7 Å². The van der Waals surface area contributed by atoms with Gasteiger partial charge in [0.25, 0.3) is 0 Å². The van der Waals surface area contributed by atoms with Crippen LogP contribution in [0, 0.1) is 11.8 Å². The van der Waals surface area contributed by atoms with E-state index < -0.39 is 108 Å². The highest BCUT2D eigenvalue weighted by atomic mass is 32.1. The van der Waals surface area contributed by atoms with Crippen LogP contribution in [0.5, 0.6) is 11.5 Å². The van der Waals surface area contributed by atoms with E-state index in [0.717, 1.165) is 0 Å². The van der Waals surface area contributed by atoms with Crippen LogP contribution >= 0.6 is 12.6 Å². The number of unbranched alkanes of at least 4 members (excludes halogenated alkanes) is 3. The first kappa shape index (κ1) is 68.7. The topological polar surface area (TPSA) is 406 Å². The summed E-state index contributed by atoms with van der Waals surface area (Å²) in [4.78, 5) is 126. The summed E-state index contributed by atoms with van der Waals surface area (Å²) in [6, 6.07) is 1.40.